The highest BCUT2D eigenvalue weighted by Crippen LogP contribution is 2.33. The van der Waals surface area contributed by atoms with E-state index >= 15 is 0 Å². The van der Waals surface area contributed by atoms with E-state index in [2.05, 4.69) is 31.5 Å². The van der Waals surface area contributed by atoms with Crippen LogP contribution in [0.25, 0.3) is 11.0 Å². The molecule has 0 radical (unpaired) electrons. The predicted molar refractivity (Wildman–Crippen MR) is 111 cm³/mol. The Morgan fingerprint density at radius 3 is 2.74 bits per heavy atom. The van der Waals surface area contributed by atoms with Crippen LogP contribution in [0.5, 0.6) is 0 Å². The average Bonchev–Trinajstić information content (AvgIpc) is 3.10. The van der Waals surface area contributed by atoms with Crippen molar-refractivity contribution in [2.75, 3.05) is 18.4 Å². The average molecular weight is 449 g/mol. The summed E-state index contributed by atoms with van der Waals surface area (Å²) in [6.07, 6.45) is 5.42. The molecule has 1 saturated heterocycles. The van der Waals surface area contributed by atoms with Gasteiger partial charge in [0.2, 0.25) is 0 Å². The second-order valence-corrected chi connectivity index (χ2v) is 9.50. The SMILES string of the molecule is Cc1ccc(S(=O)(=O)n2ccc3c(N[C@@H]4CCCNC4)c(Br)cnc32)cc1. The molecule has 142 valence electrons. The van der Waals surface area contributed by atoms with Crippen LogP contribution in [-0.4, -0.2) is 36.5 Å². The number of hydrogen-bond acceptors (Lipinski definition) is 5. The molecular weight excluding hydrogens is 428 g/mol. The number of nitrogens with one attached hydrogen (secondary N) is 2. The molecule has 1 atom stereocenters. The van der Waals surface area contributed by atoms with E-state index in [0.717, 1.165) is 47.0 Å². The smallest absolute Gasteiger partial charge is 0.269 e. The first-order chi connectivity index (χ1) is 13.0. The zero-order valence-electron chi connectivity index (χ0n) is 14.9. The van der Waals surface area contributed by atoms with Crippen molar-refractivity contribution in [2.24, 2.45) is 0 Å². The van der Waals surface area contributed by atoms with Crippen molar-refractivity contribution in [3.05, 3.63) is 52.8 Å². The Labute approximate surface area is 167 Å². The Kier molecular flexibility index (Phi) is 4.96. The van der Waals surface area contributed by atoms with Gasteiger partial charge in [0.15, 0.2) is 5.65 Å². The van der Waals surface area contributed by atoms with Gasteiger partial charge in [-0.25, -0.2) is 17.4 Å². The van der Waals surface area contributed by atoms with Crippen LogP contribution in [0.1, 0.15) is 18.4 Å². The van der Waals surface area contributed by atoms with Crippen LogP contribution in [0.2, 0.25) is 0 Å². The number of aromatic nitrogens is 2. The molecule has 3 heterocycles. The lowest BCUT2D eigenvalue weighted by molar-refractivity contribution is 0.480. The minimum Gasteiger partial charge on any atom is -0.379 e. The summed E-state index contributed by atoms with van der Waals surface area (Å²) in [5, 5.41) is 7.71. The monoisotopic (exact) mass is 448 g/mol. The van der Waals surface area contributed by atoms with Gasteiger partial charge in [-0.05, 0) is 60.4 Å². The first-order valence-electron chi connectivity index (χ1n) is 8.92. The number of piperidine rings is 1. The molecule has 8 heteroatoms. The Balaban J connectivity index is 1.77. The third kappa shape index (κ3) is 3.49. The first-order valence-corrected chi connectivity index (χ1v) is 11.2. The number of rotatable bonds is 4. The molecule has 2 N–H and O–H groups in total. The van der Waals surface area contributed by atoms with Crippen molar-refractivity contribution < 1.29 is 8.42 Å². The van der Waals surface area contributed by atoms with E-state index in [0.29, 0.717) is 11.7 Å². The van der Waals surface area contributed by atoms with Gasteiger partial charge >= 0.3 is 0 Å². The summed E-state index contributed by atoms with van der Waals surface area (Å²) in [6.45, 7) is 3.85. The van der Waals surface area contributed by atoms with Crippen LogP contribution in [0.4, 0.5) is 5.69 Å². The maximum absolute atomic E-state index is 13.1. The van der Waals surface area contributed by atoms with Gasteiger partial charge in [-0.1, -0.05) is 17.7 Å². The topological polar surface area (TPSA) is 76.0 Å². The Hall–Kier alpha value is -1.90. The number of benzene rings is 1. The molecule has 0 bridgehead atoms. The van der Waals surface area contributed by atoms with Crippen molar-refractivity contribution in [1.29, 1.82) is 0 Å². The van der Waals surface area contributed by atoms with E-state index in [-0.39, 0.29) is 4.90 Å². The highest BCUT2D eigenvalue weighted by Gasteiger charge is 2.22. The fourth-order valence-corrected chi connectivity index (χ4v) is 5.11. The fraction of sp³-hybridized carbons (Fsp3) is 0.316. The van der Waals surface area contributed by atoms with E-state index in [4.69, 9.17) is 0 Å². The molecule has 0 aliphatic carbocycles. The van der Waals surface area contributed by atoms with Gasteiger partial charge < -0.3 is 10.6 Å². The minimum absolute atomic E-state index is 0.251. The quantitative estimate of drug-likeness (QED) is 0.638. The molecule has 6 nitrogen and oxygen atoms in total. The lowest BCUT2D eigenvalue weighted by atomic mass is 10.1. The van der Waals surface area contributed by atoms with E-state index in [1.807, 2.05) is 6.92 Å². The van der Waals surface area contributed by atoms with Crippen LogP contribution < -0.4 is 10.6 Å². The lowest BCUT2D eigenvalue weighted by Gasteiger charge is -2.25. The van der Waals surface area contributed by atoms with Crippen LogP contribution in [0.15, 0.2) is 52.1 Å². The third-order valence-electron chi connectivity index (χ3n) is 4.86. The highest BCUT2D eigenvalue weighted by atomic mass is 79.9. The van der Waals surface area contributed by atoms with Crippen molar-refractivity contribution in [1.82, 2.24) is 14.3 Å². The number of nitrogens with zero attached hydrogens (tertiary/aromatic N) is 2. The molecule has 0 amide bonds. The Bertz CT molecular complexity index is 1070. The number of aryl methyl sites for hydroxylation is 1. The summed E-state index contributed by atoms with van der Waals surface area (Å²) in [5.74, 6) is 0. The first kappa shape index (κ1) is 18.5. The van der Waals surface area contributed by atoms with Gasteiger partial charge in [0, 0.05) is 30.4 Å². The molecule has 0 unspecified atom stereocenters. The van der Waals surface area contributed by atoms with Gasteiger partial charge in [0.05, 0.1) is 15.1 Å². The second-order valence-electron chi connectivity index (χ2n) is 6.84. The molecule has 1 aromatic carbocycles. The molecule has 1 fully saturated rings. The second kappa shape index (κ2) is 7.26. The summed E-state index contributed by atoms with van der Waals surface area (Å²) in [4.78, 5) is 4.64. The van der Waals surface area contributed by atoms with Gasteiger partial charge in [0.1, 0.15) is 0 Å². The van der Waals surface area contributed by atoms with Crippen LogP contribution in [0, 0.1) is 6.92 Å². The number of hydrogen-bond donors (Lipinski definition) is 2. The highest BCUT2D eigenvalue weighted by molar-refractivity contribution is 9.10. The molecular formula is C19H21BrN4O2S. The van der Waals surface area contributed by atoms with Crippen LogP contribution >= 0.6 is 15.9 Å². The molecule has 1 aliphatic rings. The van der Waals surface area contributed by atoms with Gasteiger partial charge in [0.25, 0.3) is 10.0 Å². The van der Waals surface area contributed by atoms with Gasteiger partial charge in [-0.2, -0.15) is 0 Å². The molecule has 0 spiro atoms. The van der Waals surface area contributed by atoms with Crippen molar-refractivity contribution in [2.45, 2.75) is 30.7 Å². The van der Waals surface area contributed by atoms with E-state index in [9.17, 15) is 8.42 Å². The van der Waals surface area contributed by atoms with Crippen LogP contribution in [0.3, 0.4) is 0 Å². The zero-order valence-corrected chi connectivity index (χ0v) is 17.3. The lowest BCUT2D eigenvalue weighted by Crippen LogP contribution is -2.38. The maximum Gasteiger partial charge on any atom is 0.269 e. The Morgan fingerprint density at radius 1 is 1.26 bits per heavy atom. The van der Waals surface area contributed by atoms with Crippen molar-refractivity contribution >= 4 is 42.7 Å². The van der Waals surface area contributed by atoms with E-state index in [1.54, 1.807) is 42.7 Å². The van der Waals surface area contributed by atoms with E-state index < -0.39 is 10.0 Å². The van der Waals surface area contributed by atoms with Gasteiger partial charge in [-0.15, -0.1) is 0 Å². The molecule has 3 aromatic rings. The number of halogens is 1. The molecule has 1 aliphatic heterocycles. The minimum atomic E-state index is -3.70. The molecule has 4 rings (SSSR count). The van der Waals surface area contributed by atoms with Crippen LogP contribution in [-0.2, 0) is 10.0 Å². The number of fused-ring (bicyclic) bond motifs is 1. The van der Waals surface area contributed by atoms with E-state index in [1.165, 1.54) is 3.97 Å². The standard InChI is InChI=1S/C19H21BrN4O2S/c1-13-4-6-15(7-5-13)27(25,26)24-10-8-16-18(17(20)12-22-19(16)24)23-14-3-2-9-21-11-14/h4-8,10,12,14,21H,2-3,9,11H2,1H3,(H,22,23)/t14-/m1/s1. The molecule has 2 aromatic heterocycles. The molecule has 0 saturated carbocycles. The fourth-order valence-electron chi connectivity index (χ4n) is 3.38. The summed E-state index contributed by atoms with van der Waals surface area (Å²) >= 11 is 3.55. The third-order valence-corrected chi connectivity index (χ3v) is 7.14. The largest absolute Gasteiger partial charge is 0.379 e. The Morgan fingerprint density at radius 2 is 2.04 bits per heavy atom. The maximum atomic E-state index is 13.1. The summed E-state index contributed by atoms with van der Waals surface area (Å²) in [6, 6.07) is 8.96. The summed E-state index contributed by atoms with van der Waals surface area (Å²) in [7, 11) is -3.70. The molecule has 27 heavy (non-hydrogen) atoms. The van der Waals surface area contributed by atoms with Crippen molar-refractivity contribution in [3.63, 3.8) is 0 Å². The number of anilines is 1. The normalized spacial score (nSPS) is 17.9. The van der Waals surface area contributed by atoms with Crippen molar-refractivity contribution in [3.8, 4) is 0 Å². The van der Waals surface area contributed by atoms with Gasteiger partial charge in [-0.3, -0.25) is 0 Å². The predicted octanol–water partition coefficient (Wildman–Crippen LogP) is 3.51. The summed E-state index contributed by atoms with van der Waals surface area (Å²) in [5.41, 5.74) is 2.32. The zero-order chi connectivity index (χ0) is 19.0. The number of pyridine rings is 1. The summed E-state index contributed by atoms with van der Waals surface area (Å²) < 4.78 is 28.3.